The smallest absolute Gasteiger partial charge is 0.182 e. The van der Waals surface area contributed by atoms with Gasteiger partial charge in [-0.3, -0.25) is 19.9 Å². The van der Waals surface area contributed by atoms with Crippen molar-refractivity contribution in [2.24, 2.45) is 0 Å². The van der Waals surface area contributed by atoms with Crippen LogP contribution in [0.3, 0.4) is 0 Å². The zero-order valence-electron chi connectivity index (χ0n) is 44.3. The van der Waals surface area contributed by atoms with Gasteiger partial charge in [0.05, 0.1) is 0 Å². The fourth-order valence-corrected chi connectivity index (χ4v) is 17.5. The fourth-order valence-electron chi connectivity index (χ4n) is 11.5. The molecule has 0 unspecified atom stereocenters. The van der Waals surface area contributed by atoms with E-state index in [2.05, 4.69) is 179 Å². The summed E-state index contributed by atoms with van der Waals surface area (Å²) in [7, 11) is -4.26. The van der Waals surface area contributed by atoms with Crippen LogP contribution < -0.4 is 30.5 Å². The third kappa shape index (κ3) is 8.27. The number of aromatic nitrogens is 10. The van der Waals surface area contributed by atoms with Crippen LogP contribution in [0.15, 0.2) is 231 Å². The van der Waals surface area contributed by atoms with E-state index in [9.17, 15) is 0 Å². The van der Waals surface area contributed by atoms with Crippen molar-refractivity contribution in [3.8, 4) is 79.7 Å². The van der Waals surface area contributed by atoms with Crippen molar-refractivity contribution < 1.29 is 0 Å². The Bertz CT molecular complexity index is 3840. The molecule has 0 fully saturated rings. The number of para-hydroxylation sites is 4. The summed E-state index contributed by atoms with van der Waals surface area (Å²) in [5.74, 6) is 2.68. The first-order chi connectivity index (χ1) is 39.2. The lowest BCUT2D eigenvalue weighted by Gasteiger charge is -2.41. The zero-order chi connectivity index (χ0) is 54.0. The third-order valence-corrected chi connectivity index (χ3v) is 22.5. The number of pyridine rings is 4. The number of benzene rings is 6. The van der Waals surface area contributed by atoms with E-state index in [4.69, 9.17) is 39.9 Å². The van der Waals surface area contributed by atoms with Gasteiger partial charge in [-0.05, 0) is 129 Å². The molecule has 6 aromatic carbocycles. The standard InChI is InChI=1S/C66H50N12Si2/c1-79(2)57-27-9-5-23-53(57)77(54-24-6-10-28-58(54)79)45-31-33-47(49(39-45)63-71-61(43-19-17-35-67-41-43)73-65(75-63)51-21-13-15-37-69-51)48-34-32-46(78-55-25-7-11-29-59(55)80(3,4)60-30-12-8-26-56(60)78)40-50(48)64-72-62(44-20-18-36-68-42-44)74-66(76-64)52-22-14-16-38-70-52/h5-42H,1-4H3. The van der Waals surface area contributed by atoms with Gasteiger partial charge in [-0.15, -0.1) is 0 Å². The second-order valence-electron chi connectivity index (χ2n) is 21.0. The Hall–Kier alpha value is -10.0. The maximum atomic E-state index is 5.39. The van der Waals surface area contributed by atoms with Gasteiger partial charge in [0.1, 0.15) is 27.5 Å². The Morgan fingerprint density at radius 3 is 1.00 bits per heavy atom. The van der Waals surface area contributed by atoms with Crippen LogP contribution in [0.1, 0.15) is 0 Å². The molecule has 0 aliphatic carbocycles. The summed E-state index contributed by atoms with van der Waals surface area (Å²) in [5.41, 5.74) is 12.4. The largest absolute Gasteiger partial charge is 0.311 e. The van der Waals surface area contributed by atoms with E-state index in [1.54, 1.807) is 37.2 Å². The van der Waals surface area contributed by atoms with E-state index < -0.39 is 16.1 Å². The van der Waals surface area contributed by atoms with Crippen molar-refractivity contribution in [2.75, 3.05) is 9.80 Å². The van der Waals surface area contributed by atoms with Gasteiger partial charge in [0, 0.05) is 93.6 Å². The second kappa shape index (κ2) is 19.5. The molecule has 14 rings (SSSR count). The van der Waals surface area contributed by atoms with Crippen LogP contribution in [-0.4, -0.2) is 66.0 Å². The molecule has 12 aromatic rings. The fraction of sp³-hybridized carbons (Fsp3) is 0.0606. The van der Waals surface area contributed by atoms with Gasteiger partial charge in [0.15, 0.2) is 34.9 Å². The van der Waals surface area contributed by atoms with Crippen molar-refractivity contribution in [3.63, 3.8) is 0 Å². The molecule has 0 spiro atoms. The molecule has 8 heterocycles. The summed E-state index contributed by atoms with van der Waals surface area (Å²) in [4.78, 5) is 55.0. The van der Waals surface area contributed by atoms with Crippen molar-refractivity contribution in [1.29, 1.82) is 0 Å². The van der Waals surface area contributed by atoms with Crippen LogP contribution in [0.4, 0.5) is 34.1 Å². The van der Waals surface area contributed by atoms with Crippen molar-refractivity contribution in [2.45, 2.75) is 26.2 Å². The average molecular weight is 1070 g/mol. The van der Waals surface area contributed by atoms with Gasteiger partial charge in [0.25, 0.3) is 0 Å². The summed E-state index contributed by atoms with van der Waals surface area (Å²) >= 11 is 0. The Morgan fingerprint density at radius 2 is 0.650 bits per heavy atom. The Labute approximate surface area is 465 Å². The minimum absolute atomic E-state index is 0.426. The molecule has 0 saturated carbocycles. The van der Waals surface area contributed by atoms with Crippen LogP contribution in [-0.2, 0) is 0 Å². The number of fused-ring (bicyclic) bond motifs is 4. The summed E-state index contributed by atoms with van der Waals surface area (Å²) < 4.78 is 0. The molecule has 0 N–H and O–H groups in total. The highest BCUT2D eigenvalue weighted by molar-refractivity contribution is 7.03. The SMILES string of the molecule is C[Si]1(C)c2ccccc2N(c2ccc(-c3ccc(N4c5ccccc5[Si](C)(C)c5ccccc54)cc3-c3nc(-c4cccnc4)nc(-c4ccccn4)n3)c(-c3nc(-c4cccnc4)nc(-c4ccccn4)n3)c2)c2ccccc21. The van der Waals surface area contributed by atoms with E-state index in [1.807, 2.05) is 60.7 Å². The van der Waals surface area contributed by atoms with Crippen LogP contribution in [0, 0.1) is 0 Å². The van der Waals surface area contributed by atoms with Crippen molar-refractivity contribution in [3.05, 3.63) is 231 Å². The number of hydrogen-bond donors (Lipinski definition) is 0. The monoisotopic (exact) mass is 1070 g/mol. The van der Waals surface area contributed by atoms with E-state index in [-0.39, 0.29) is 0 Å². The predicted octanol–water partition coefficient (Wildman–Crippen LogP) is 12.5. The van der Waals surface area contributed by atoms with Gasteiger partial charge >= 0.3 is 0 Å². The molecule has 12 nitrogen and oxygen atoms in total. The molecule has 14 heteroatoms. The molecule has 0 bridgehead atoms. The number of anilines is 6. The highest BCUT2D eigenvalue weighted by Gasteiger charge is 2.40. The molecular weight excluding hydrogens is 1020 g/mol. The zero-order valence-corrected chi connectivity index (χ0v) is 46.3. The van der Waals surface area contributed by atoms with Gasteiger partial charge < -0.3 is 9.80 Å². The van der Waals surface area contributed by atoms with Crippen LogP contribution in [0.2, 0.25) is 26.2 Å². The first kappa shape index (κ1) is 48.4. The molecule has 80 heavy (non-hydrogen) atoms. The maximum absolute atomic E-state index is 5.39. The molecule has 0 saturated heterocycles. The van der Waals surface area contributed by atoms with Gasteiger partial charge in [-0.2, -0.15) is 0 Å². The highest BCUT2D eigenvalue weighted by atomic mass is 28.3. The molecular formula is C66H50N12Si2. The molecule has 382 valence electrons. The Balaban J connectivity index is 1.08. The van der Waals surface area contributed by atoms with E-state index >= 15 is 0 Å². The molecule has 0 radical (unpaired) electrons. The first-order valence-corrected chi connectivity index (χ1v) is 32.6. The second-order valence-corrected chi connectivity index (χ2v) is 29.6. The predicted molar refractivity (Wildman–Crippen MR) is 325 cm³/mol. The van der Waals surface area contributed by atoms with Crippen LogP contribution in [0.25, 0.3) is 79.7 Å². The minimum atomic E-state index is -2.13. The molecule has 2 aliphatic heterocycles. The van der Waals surface area contributed by atoms with Gasteiger partial charge in [-0.25, -0.2) is 29.9 Å². The molecule has 6 aromatic heterocycles. The highest BCUT2D eigenvalue weighted by Crippen LogP contribution is 2.47. The molecule has 0 amide bonds. The number of hydrogen-bond acceptors (Lipinski definition) is 12. The summed E-state index contributed by atoms with van der Waals surface area (Å²) in [6, 6.07) is 67.9. The van der Waals surface area contributed by atoms with E-state index in [0.29, 0.717) is 46.3 Å². The van der Waals surface area contributed by atoms with Crippen molar-refractivity contribution in [1.82, 2.24) is 49.8 Å². The van der Waals surface area contributed by atoms with Crippen molar-refractivity contribution >= 4 is 71.0 Å². The van der Waals surface area contributed by atoms with E-state index in [1.165, 1.54) is 20.7 Å². The first-order valence-electron chi connectivity index (χ1n) is 26.6. The summed E-state index contributed by atoms with van der Waals surface area (Å²) in [6.45, 7) is 9.76. The lowest BCUT2D eigenvalue weighted by molar-refractivity contribution is 1.05. The Morgan fingerprint density at radius 1 is 0.300 bits per heavy atom. The van der Waals surface area contributed by atoms with Crippen LogP contribution in [0.5, 0.6) is 0 Å². The summed E-state index contributed by atoms with van der Waals surface area (Å²) in [6.07, 6.45) is 10.6. The molecule has 0 atom stereocenters. The number of rotatable bonds is 9. The number of nitrogens with zero attached hydrogens (tertiary/aromatic N) is 12. The summed E-state index contributed by atoms with van der Waals surface area (Å²) in [5, 5.41) is 5.42. The minimum Gasteiger partial charge on any atom is -0.311 e. The van der Waals surface area contributed by atoms with E-state index in [0.717, 1.165) is 67.5 Å². The lowest BCUT2D eigenvalue weighted by Crippen LogP contribution is -2.58. The van der Waals surface area contributed by atoms with Crippen LogP contribution >= 0.6 is 0 Å². The molecule has 2 aliphatic rings. The maximum Gasteiger partial charge on any atom is 0.182 e. The van der Waals surface area contributed by atoms with Gasteiger partial charge in [0.2, 0.25) is 0 Å². The lowest BCUT2D eigenvalue weighted by atomic mass is 9.92. The Kier molecular flexibility index (Phi) is 11.8. The third-order valence-electron chi connectivity index (χ3n) is 15.5. The topological polar surface area (TPSA) is 135 Å². The van der Waals surface area contributed by atoms with Gasteiger partial charge in [-0.1, -0.05) is 123 Å². The average Bonchev–Trinajstić information content (AvgIpc) is 3.31. The quantitative estimate of drug-likeness (QED) is 0.127. The normalized spacial score (nSPS) is 13.7.